The first-order valence-corrected chi connectivity index (χ1v) is 7.88. The fourth-order valence-electron chi connectivity index (χ4n) is 2.72. The molecule has 0 aliphatic carbocycles. The van der Waals surface area contributed by atoms with Crippen LogP contribution < -0.4 is 0 Å². The summed E-state index contributed by atoms with van der Waals surface area (Å²) in [4.78, 5) is 14.0. The Kier molecular flexibility index (Phi) is 4.47. The number of aryl methyl sites for hydroxylation is 2. The van der Waals surface area contributed by atoms with Crippen LogP contribution >= 0.6 is 0 Å². The van der Waals surface area contributed by atoms with Crippen molar-refractivity contribution in [2.24, 2.45) is 0 Å². The van der Waals surface area contributed by atoms with Gasteiger partial charge in [-0.1, -0.05) is 47.1 Å². The van der Waals surface area contributed by atoms with E-state index in [-0.39, 0.29) is 5.91 Å². The summed E-state index contributed by atoms with van der Waals surface area (Å²) in [7, 11) is 1.76. The summed E-state index contributed by atoms with van der Waals surface area (Å²) in [6.45, 7) is 4.52. The zero-order chi connectivity index (χ0) is 17.1. The van der Waals surface area contributed by atoms with E-state index in [9.17, 15) is 4.79 Å². The van der Waals surface area contributed by atoms with E-state index in [1.165, 1.54) is 5.56 Å². The van der Waals surface area contributed by atoms with Crippen LogP contribution in [-0.2, 0) is 6.54 Å². The molecule has 1 heterocycles. The molecule has 0 aliphatic heterocycles. The van der Waals surface area contributed by atoms with E-state index in [2.05, 4.69) is 31.1 Å². The van der Waals surface area contributed by atoms with Gasteiger partial charge < -0.3 is 9.42 Å². The summed E-state index contributed by atoms with van der Waals surface area (Å²) >= 11 is 0. The molecule has 0 spiro atoms. The second-order valence-electron chi connectivity index (χ2n) is 6.03. The SMILES string of the molecule is Cc1ccc(-c2cc(CN(C)C(=O)c3ccccc3)no2)c(C)c1. The Balaban J connectivity index is 1.75. The van der Waals surface area contributed by atoms with Crippen LogP contribution in [0.3, 0.4) is 0 Å². The third kappa shape index (κ3) is 3.38. The van der Waals surface area contributed by atoms with E-state index in [0.29, 0.717) is 12.1 Å². The van der Waals surface area contributed by atoms with Crippen molar-refractivity contribution in [2.45, 2.75) is 20.4 Å². The van der Waals surface area contributed by atoms with E-state index in [0.717, 1.165) is 22.6 Å². The third-order valence-corrected chi connectivity index (χ3v) is 3.97. The van der Waals surface area contributed by atoms with E-state index < -0.39 is 0 Å². The first kappa shape index (κ1) is 16.0. The molecule has 1 aromatic heterocycles. The van der Waals surface area contributed by atoms with E-state index in [1.54, 1.807) is 11.9 Å². The van der Waals surface area contributed by atoms with Crippen molar-refractivity contribution < 1.29 is 9.32 Å². The van der Waals surface area contributed by atoms with Gasteiger partial charge >= 0.3 is 0 Å². The number of nitrogens with zero attached hydrogens (tertiary/aromatic N) is 2. The van der Waals surface area contributed by atoms with Crippen molar-refractivity contribution >= 4 is 5.91 Å². The van der Waals surface area contributed by atoms with Gasteiger partial charge in [0.2, 0.25) is 0 Å². The lowest BCUT2D eigenvalue weighted by Gasteiger charge is -2.15. The molecule has 0 aliphatic rings. The number of amides is 1. The van der Waals surface area contributed by atoms with Crippen molar-refractivity contribution in [3.05, 3.63) is 77.0 Å². The summed E-state index contributed by atoms with van der Waals surface area (Å²) in [5, 5.41) is 4.10. The molecule has 4 heteroatoms. The molecule has 24 heavy (non-hydrogen) atoms. The van der Waals surface area contributed by atoms with Crippen LogP contribution in [0.15, 0.2) is 59.1 Å². The van der Waals surface area contributed by atoms with Gasteiger partial charge in [-0.2, -0.15) is 0 Å². The maximum absolute atomic E-state index is 12.4. The number of carbonyl (C=O) groups excluding carboxylic acids is 1. The molecular weight excluding hydrogens is 300 g/mol. The van der Waals surface area contributed by atoms with Crippen LogP contribution in [0.5, 0.6) is 0 Å². The monoisotopic (exact) mass is 320 g/mol. The van der Waals surface area contributed by atoms with Crippen LogP contribution in [0.2, 0.25) is 0 Å². The van der Waals surface area contributed by atoms with Crippen molar-refractivity contribution in [2.75, 3.05) is 7.05 Å². The highest BCUT2D eigenvalue weighted by Crippen LogP contribution is 2.25. The molecule has 122 valence electrons. The number of aromatic nitrogens is 1. The second kappa shape index (κ2) is 6.71. The van der Waals surface area contributed by atoms with Crippen molar-refractivity contribution in [1.82, 2.24) is 10.1 Å². The molecule has 3 aromatic rings. The van der Waals surface area contributed by atoms with Gasteiger partial charge in [-0.15, -0.1) is 0 Å². The molecule has 2 aromatic carbocycles. The fraction of sp³-hybridized carbons (Fsp3) is 0.200. The van der Waals surface area contributed by atoms with E-state index in [4.69, 9.17) is 4.52 Å². The average molecular weight is 320 g/mol. The van der Waals surface area contributed by atoms with Gasteiger partial charge in [0.15, 0.2) is 5.76 Å². The lowest BCUT2D eigenvalue weighted by Crippen LogP contribution is -2.26. The summed E-state index contributed by atoms with van der Waals surface area (Å²) in [6.07, 6.45) is 0. The summed E-state index contributed by atoms with van der Waals surface area (Å²) < 4.78 is 5.47. The summed E-state index contributed by atoms with van der Waals surface area (Å²) in [5.41, 5.74) is 4.78. The lowest BCUT2D eigenvalue weighted by molar-refractivity contribution is 0.0782. The van der Waals surface area contributed by atoms with Crippen LogP contribution in [0.25, 0.3) is 11.3 Å². The zero-order valence-electron chi connectivity index (χ0n) is 14.1. The molecule has 0 atom stereocenters. The standard InChI is InChI=1S/C20H20N2O2/c1-14-9-10-18(15(2)11-14)19-12-17(21-24-19)13-22(3)20(23)16-7-5-4-6-8-16/h4-12H,13H2,1-3H3. The summed E-state index contributed by atoms with van der Waals surface area (Å²) in [6, 6.07) is 17.3. The molecule has 0 radical (unpaired) electrons. The van der Waals surface area contributed by atoms with Crippen LogP contribution in [-0.4, -0.2) is 23.0 Å². The third-order valence-electron chi connectivity index (χ3n) is 3.97. The van der Waals surface area contributed by atoms with Gasteiger partial charge in [0.25, 0.3) is 5.91 Å². The molecular formula is C20H20N2O2. The highest BCUT2D eigenvalue weighted by molar-refractivity contribution is 5.93. The van der Waals surface area contributed by atoms with Crippen LogP contribution in [0, 0.1) is 13.8 Å². The number of hydrogen-bond acceptors (Lipinski definition) is 3. The topological polar surface area (TPSA) is 46.3 Å². The van der Waals surface area contributed by atoms with Gasteiger partial charge in [0, 0.05) is 24.2 Å². The molecule has 4 nitrogen and oxygen atoms in total. The normalized spacial score (nSPS) is 10.6. The lowest BCUT2D eigenvalue weighted by atomic mass is 10.0. The molecule has 1 amide bonds. The summed E-state index contributed by atoms with van der Waals surface area (Å²) in [5.74, 6) is 0.690. The Hall–Kier alpha value is -2.88. The maximum Gasteiger partial charge on any atom is 0.253 e. The van der Waals surface area contributed by atoms with Crippen LogP contribution in [0.4, 0.5) is 0 Å². The van der Waals surface area contributed by atoms with Gasteiger partial charge in [0.05, 0.1) is 6.54 Å². The highest BCUT2D eigenvalue weighted by atomic mass is 16.5. The Morgan fingerprint density at radius 1 is 1.08 bits per heavy atom. The molecule has 3 rings (SSSR count). The minimum absolute atomic E-state index is 0.0355. The maximum atomic E-state index is 12.4. The minimum Gasteiger partial charge on any atom is -0.356 e. The molecule has 0 bridgehead atoms. The second-order valence-corrected chi connectivity index (χ2v) is 6.03. The number of rotatable bonds is 4. The van der Waals surface area contributed by atoms with Crippen LogP contribution in [0.1, 0.15) is 27.2 Å². The van der Waals surface area contributed by atoms with E-state index in [1.807, 2.05) is 42.5 Å². The smallest absolute Gasteiger partial charge is 0.253 e. The zero-order valence-corrected chi connectivity index (χ0v) is 14.1. The first-order valence-electron chi connectivity index (χ1n) is 7.88. The van der Waals surface area contributed by atoms with Gasteiger partial charge in [0.1, 0.15) is 5.69 Å². The predicted molar refractivity (Wildman–Crippen MR) is 93.7 cm³/mol. The van der Waals surface area contributed by atoms with Gasteiger partial charge in [-0.05, 0) is 31.5 Å². The van der Waals surface area contributed by atoms with Gasteiger partial charge in [-0.25, -0.2) is 0 Å². The average Bonchev–Trinajstić information content (AvgIpc) is 3.03. The first-order chi connectivity index (χ1) is 11.5. The van der Waals surface area contributed by atoms with Gasteiger partial charge in [-0.3, -0.25) is 4.79 Å². The minimum atomic E-state index is -0.0355. The molecule has 0 N–H and O–H groups in total. The quantitative estimate of drug-likeness (QED) is 0.722. The predicted octanol–water partition coefficient (Wildman–Crippen LogP) is 4.23. The largest absolute Gasteiger partial charge is 0.356 e. The number of hydrogen-bond donors (Lipinski definition) is 0. The number of carbonyl (C=O) groups is 1. The molecule has 0 saturated carbocycles. The molecule has 0 fully saturated rings. The molecule has 0 saturated heterocycles. The van der Waals surface area contributed by atoms with Crippen molar-refractivity contribution in [3.63, 3.8) is 0 Å². The van der Waals surface area contributed by atoms with Crippen molar-refractivity contribution in [1.29, 1.82) is 0 Å². The molecule has 0 unspecified atom stereocenters. The number of benzene rings is 2. The van der Waals surface area contributed by atoms with Crippen molar-refractivity contribution in [3.8, 4) is 11.3 Å². The highest BCUT2D eigenvalue weighted by Gasteiger charge is 2.15. The Morgan fingerprint density at radius 2 is 1.83 bits per heavy atom. The Labute approximate surface area is 141 Å². The Bertz CT molecular complexity index is 853. The Morgan fingerprint density at radius 3 is 2.54 bits per heavy atom. The fourth-order valence-corrected chi connectivity index (χ4v) is 2.72. The van der Waals surface area contributed by atoms with E-state index >= 15 is 0 Å².